The number of aromatic amines is 1. The molecule has 0 amide bonds. The van der Waals surface area contributed by atoms with Crippen molar-refractivity contribution in [3.63, 3.8) is 0 Å². The number of ether oxygens (including phenoxy) is 1. The van der Waals surface area contributed by atoms with Crippen LogP contribution in [0.4, 0.5) is 5.95 Å². The molecule has 90 valence electrons. The molecule has 1 unspecified atom stereocenters. The van der Waals surface area contributed by atoms with Crippen molar-refractivity contribution in [1.82, 2.24) is 20.2 Å². The number of H-pyrrole nitrogens is 1. The lowest BCUT2D eigenvalue weighted by Crippen LogP contribution is -2.21. The van der Waals surface area contributed by atoms with Crippen LogP contribution in [0.2, 0.25) is 0 Å². The summed E-state index contributed by atoms with van der Waals surface area (Å²) < 4.78 is 5.03. The Morgan fingerprint density at radius 1 is 1.41 bits per heavy atom. The Bertz CT molecular complexity index is 456. The van der Waals surface area contributed by atoms with Crippen LogP contribution in [0.5, 0.6) is 0 Å². The van der Waals surface area contributed by atoms with Gasteiger partial charge in [0.15, 0.2) is 5.82 Å². The topological polar surface area (TPSA) is 75.7 Å². The molecule has 0 aliphatic rings. The summed E-state index contributed by atoms with van der Waals surface area (Å²) in [6.07, 6.45) is 3.44. The molecule has 0 saturated heterocycles. The molecule has 0 fully saturated rings. The highest BCUT2D eigenvalue weighted by atomic mass is 16.5. The number of pyridine rings is 1. The molecule has 2 heterocycles. The van der Waals surface area contributed by atoms with Crippen molar-refractivity contribution in [2.24, 2.45) is 0 Å². The first kappa shape index (κ1) is 11.5. The van der Waals surface area contributed by atoms with Gasteiger partial charge in [-0.15, -0.1) is 5.10 Å². The Morgan fingerprint density at radius 2 is 2.18 bits per heavy atom. The van der Waals surface area contributed by atoms with E-state index in [-0.39, 0.29) is 6.04 Å². The number of nitrogens with zero attached hydrogens (tertiary/aromatic N) is 3. The first-order chi connectivity index (χ1) is 8.29. The molecule has 0 bridgehead atoms. The zero-order chi connectivity index (χ0) is 12.1. The second-order valence-corrected chi connectivity index (χ2v) is 3.74. The van der Waals surface area contributed by atoms with Crippen LogP contribution in [0, 0.1) is 0 Å². The van der Waals surface area contributed by atoms with E-state index in [1.165, 1.54) is 0 Å². The second-order valence-electron chi connectivity index (χ2n) is 3.74. The molecule has 0 aliphatic carbocycles. The van der Waals surface area contributed by atoms with Crippen LogP contribution < -0.4 is 5.32 Å². The van der Waals surface area contributed by atoms with Crippen LogP contribution >= 0.6 is 0 Å². The maximum atomic E-state index is 5.03. The third-order valence-electron chi connectivity index (χ3n) is 2.23. The van der Waals surface area contributed by atoms with Crippen LogP contribution in [-0.4, -0.2) is 39.9 Å². The highest BCUT2D eigenvalue weighted by Crippen LogP contribution is 2.14. The summed E-state index contributed by atoms with van der Waals surface area (Å²) in [5.74, 6) is 1.29. The molecule has 0 saturated carbocycles. The Balaban J connectivity index is 2.06. The monoisotopic (exact) mass is 233 g/mol. The standard InChI is InChI=1S/C11H15N5O/c1-8(7-17-2)13-11-14-10(15-16-11)9-3-5-12-6-4-9/h3-6,8H,7H2,1-2H3,(H2,13,14,15,16). The normalized spacial score (nSPS) is 12.4. The summed E-state index contributed by atoms with van der Waals surface area (Å²) in [6, 6.07) is 3.92. The summed E-state index contributed by atoms with van der Waals surface area (Å²) in [4.78, 5) is 8.30. The molecule has 2 rings (SSSR count). The van der Waals surface area contributed by atoms with Gasteiger partial charge in [-0.25, -0.2) is 0 Å². The average molecular weight is 233 g/mol. The number of nitrogens with one attached hydrogen (secondary N) is 2. The van der Waals surface area contributed by atoms with E-state index in [1.54, 1.807) is 19.5 Å². The van der Waals surface area contributed by atoms with E-state index in [0.29, 0.717) is 12.6 Å². The van der Waals surface area contributed by atoms with Crippen molar-refractivity contribution in [3.05, 3.63) is 24.5 Å². The molecule has 0 radical (unpaired) electrons. The van der Waals surface area contributed by atoms with E-state index in [4.69, 9.17) is 4.74 Å². The predicted octanol–water partition coefficient (Wildman–Crippen LogP) is 1.31. The van der Waals surface area contributed by atoms with Gasteiger partial charge in [0.05, 0.1) is 6.61 Å². The third-order valence-corrected chi connectivity index (χ3v) is 2.23. The van der Waals surface area contributed by atoms with Crippen molar-refractivity contribution >= 4 is 5.95 Å². The Morgan fingerprint density at radius 3 is 2.88 bits per heavy atom. The second kappa shape index (κ2) is 5.40. The van der Waals surface area contributed by atoms with Crippen molar-refractivity contribution < 1.29 is 4.74 Å². The van der Waals surface area contributed by atoms with Crippen LogP contribution in [0.15, 0.2) is 24.5 Å². The van der Waals surface area contributed by atoms with Gasteiger partial charge in [-0.2, -0.15) is 4.98 Å². The quantitative estimate of drug-likeness (QED) is 0.814. The summed E-state index contributed by atoms with van der Waals surface area (Å²) in [5, 5.41) is 10.1. The smallest absolute Gasteiger partial charge is 0.242 e. The van der Waals surface area contributed by atoms with Gasteiger partial charge < -0.3 is 10.1 Å². The summed E-state index contributed by atoms with van der Waals surface area (Å²) in [6.45, 7) is 2.62. The van der Waals surface area contributed by atoms with Crippen molar-refractivity contribution in [2.45, 2.75) is 13.0 Å². The largest absolute Gasteiger partial charge is 0.383 e. The summed E-state index contributed by atoms with van der Waals surface area (Å²) >= 11 is 0. The Kier molecular flexibility index (Phi) is 3.66. The number of aromatic nitrogens is 4. The Labute approximate surface area is 99.4 Å². The molecule has 17 heavy (non-hydrogen) atoms. The molecule has 2 aromatic rings. The van der Waals surface area contributed by atoms with Gasteiger partial charge in [0.1, 0.15) is 0 Å². The van der Waals surface area contributed by atoms with Gasteiger partial charge >= 0.3 is 0 Å². The molecule has 6 heteroatoms. The lowest BCUT2D eigenvalue weighted by atomic mass is 10.3. The van der Waals surface area contributed by atoms with Gasteiger partial charge in [0.2, 0.25) is 5.95 Å². The Hall–Kier alpha value is -1.95. The molecule has 6 nitrogen and oxygen atoms in total. The number of methoxy groups -OCH3 is 1. The first-order valence-corrected chi connectivity index (χ1v) is 5.38. The molecule has 0 spiro atoms. The maximum Gasteiger partial charge on any atom is 0.242 e. The van der Waals surface area contributed by atoms with Crippen LogP contribution in [0.25, 0.3) is 11.4 Å². The molecule has 2 aromatic heterocycles. The van der Waals surface area contributed by atoms with Crippen LogP contribution in [-0.2, 0) is 4.74 Å². The minimum atomic E-state index is 0.168. The fraction of sp³-hybridized carbons (Fsp3) is 0.364. The lowest BCUT2D eigenvalue weighted by molar-refractivity contribution is 0.190. The molecular formula is C11H15N5O. The molecule has 0 aromatic carbocycles. The summed E-state index contributed by atoms with van der Waals surface area (Å²) in [7, 11) is 1.67. The fourth-order valence-corrected chi connectivity index (χ4v) is 1.48. The van der Waals surface area contributed by atoms with E-state index in [1.807, 2.05) is 19.1 Å². The van der Waals surface area contributed by atoms with Crippen molar-refractivity contribution in [1.29, 1.82) is 0 Å². The highest BCUT2D eigenvalue weighted by molar-refractivity contribution is 5.54. The van der Waals surface area contributed by atoms with Gasteiger partial charge in [0.25, 0.3) is 0 Å². The SMILES string of the molecule is COCC(C)Nc1n[nH]c(-c2ccncc2)n1. The average Bonchev–Trinajstić information content (AvgIpc) is 2.79. The van der Waals surface area contributed by atoms with E-state index >= 15 is 0 Å². The molecule has 1 atom stereocenters. The highest BCUT2D eigenvalue weighted by Gasteiger charge is 2.07. The van der Waals surface area contributed by atoms with Gasteiger partial charge in [-0.1, -0.05) is 0 Å². The van der Waals surface area contributed by atoms with E-state index in [9.17, 15) is 0 Å². The number of hydrogen-bond donors (Lipinski definition) is 2. The van der Waals surface area contributed by atoms with Gasteiger partial charge in [-0.05, 0) is 19.1 Å². The number of rotatable bonds is 5. The number of hydrogen-bond acceptors (Lipinski definition) is 5. The molecule has 2 N–H and O–H groups in total. The minimum absolute atomic E-state index is 0.168. The minimum Gasteiger partial charge on any atom is -0.383 e. The first-order valence-electron chi connectivity index (χ1n) is 5.38. The van der Waals surface area contributed by atoms with Gasteiger partial charge in [-0.3, -0.25) is 10.1 Å². The van der Waals surface area contributed by atoms with E-state index < -0.39 is 0 Å². The van der Waals surface area contributed by atoms with E-state index in [0.717, 1.165) is 11.4 Å². The maximum absolute atomic E-state index is 5.03. The molecule has 0 aliphatic heterocycles. The summed E-state index contributed by atoms with van der Waals surface area (Å²) in [5.41, 5.74) is 0.958. The van der Waals surface area contributed by atoms with Crippen LogP contribution in [0.3, 0.4) is 0 Å². The number of anilines is 1. The zero-order valence-electron chi connectivity index (χ0n) is 9.84. The third kappa shape index (κ3) is 3.01. The zero-order valence-corrected chi connectivity index (χ0v) is 9.84. The van der Waals surface area contributed by atoms with Crippen LogP contribution in [0.1, 0.15) is 6.92 Å². The van der Waals surface area contributed by atoms with Crippen molar-refractivity contribution in [2.75, 3.05) is 19.0 Å². The molecular weight excluding hydrogens is 218 g/mol. The van der Waals surface area contributed by atoms with E-state index in [2.05, 4.69) is 25.5 Å². The predicted molar refractivity (Wildman–Crippen MR) is 64.6 cm³/mol. The lowest BCUT2D eigenvalue weighted by Gasteiger charge is -2.09. The van der Waals surface area contributed by atoms with Gasteiger partial charge in [0, 0.05) is 31.1 Å². The fourth-order valence-electron chi connectivity index (χ4n) is 1.48. The van der Waals surface area contributed by atoms with Crippen molar-refractivity contribution in [3.8, 4) is 11.4 Å².